The summed E-state index contributed by atoms with van der Waals surface area (Å²) in [6.45, 7) is 12.0. The Balaban J connectivity index is 3.05. The first-order valence-corrected chi connectivity index (χ1v) is 15.6. The average molecular weight is 496 g/mol. The first-order chi connectivity index (χ1) is 17.4. The summed E-state index contributed by atoms with van der Waals surface area (Å²) in [6, 6.07) is 0. The van der Waals surface area contributed by atoms with Gasteiger partial charge in [0.15, 0.2) is 0 Å². The van der Waals surface area contributed by atoms with Gasteiger partial charge in [0.05, 0.1) is 0 Å². The highest BCUT2D eigenvalue weighted by Crippen LogP contribution is 2.09. The van der Waals surface area contributed by atoms with Crippen molar-refractivity contribution in [3.8, 4) is 0 Å². The van der Waals surface area contributed by atoms with Gasteiger partial charge in [0.25, 0.3) is 0 Å². The molecule has 0 aliphatic rings. The fourth-order valence-electron chi connectivity index (χ4n) is 4.24. The van der Waals surface area contributed by atoms with Crippen LogP contribution < -0.4 is 27.0 Å². The van der Waals surface area contributed by atoms with Crippen LogP contribution in [0.25, 0.3) is 0 Å². The number of nitrogens with two attached hydrogens (primary N) is 1. The lowest BCUT2D eigenvalue weighted by Gasteiger charge is -2.08. The molecule has 0 saturated heterocycles. The minimum atomic E-state index is 0.784. The van der Waals surface area contributed by atoms with Gasteiger partial charge in [0.1, 0.15) is 0 Å². The molecule has 35 heavy (non-hydrogen) atoms. The molecule has 0 spiro atoms. The third-order valence-electron chi connectivity index (χ3n) is 6.54. The molecule has 0 aromatic carbocycles. The van der Waals surface area contributed by atoms with Gasteiger partial charge in [-0.3, -0.25) is 0 Å². The Morgan fingerprint density at radius 2 is 0.743 bits per heavy atom. The summed E-state index contributed by atoms with van der Waals surface area (Å²) in [6.07, 6.45) is 28.9. The summed E-state index contributed by atoms with van der Waals surface area (Å²) >= 11 is 0. The fraction of sp³-hybridized carbons (Fsp3) is 0.933. The Morgan fingerprint density at radius 1 is 0.400 bits per heavy atom. The molecule has 0 fully saturated rings. The molecule has 0 rings (SSSR count). The Bertz CT molecular complexity index is 389. The predicted octanol–water partition coefficient (Wildman–Crippen LogP) is 5.90. The van der Waals surface area contributed by atoms with E-state index in [1.807, 2.05) is 0 Å². The summed E-state index contributed by atoms with van der Waals surface area (Å²) in [7, 11) is 0. The van der Waals surface area contributed by atoms with Crippen LogP contribution in [0.5, 0.6) is 0 Å². The Hall–Kier alpha value is -0.460. The van der Waals surface area contributed by atoms with E-state index in [1.54, 1.807) is 0 Å². The van der Waals surface area contributed by atoms with Crippen molar-refractivity contribution in [2.45, 2.75) is 122 Å². The first kappa shape index (κ1) is 34.5. The van der Waals surface area contributed by atoms with Crippen molar-refractivity contribution in [1.29, 1.82) is 0 Å². The normalized spacial score (nSPS) is 11.7. The number of nitrogens with one attached hydrogen (secondary N) is 4. The maximum absolute atomic E-state index is 5.48. The summed E-state index contributed by atoms with van der Waals surface area (Å²) in [4.78, 5) is 0. The summed E-state index contributed by atoms with van der Waals surface area (Å²) in [5, 5.41) is 14.1. The van der Waals surface area contributed by atoms with E-state index in [1.165, 1.54) is 116 Å². The van der Waals surface area contributed by atoms with E-state index in [9.17, 15) is 0 Å². The second-order valence-electron chi connectivity index (χ2n) is 10.1. The second-order valence-corrected chi connectivity index (χ2v) is 10.1. The van der Waals surface area contributed by atoms with Crippen LogP contribution in [0.2, 0.25) is 0 Å². The lowest BCUT2D eigenvalue weighted by molar-refractivity contribution is 0.537. The van der Waals surface area contributed by atoms with Crippen LogP contribution in [-0.2, 0) is 0 Å². The van der Waals surface area contributed by atoms with Crippen LogP contribution >= 0.6 is 0 Å². The van der Waals surface area contributed by atoms with Gasteiger partial charge < -0.3 is 27.0 Å². The zero-order valence-corrected chi connectivity index (χ0v) is 23.8. The van der Waals surface area contributed by atoms with E-state index in [4.69, 9.17) is 5.73 Å². The summed E-state index contributed by atoms with van der Waals surface area (Å²) in [5.41, 5.74) is 5.48. The lowest BCUT2D eigenvalue weighted by Crippen LogP contribution is -2.27. The molecular weight excluding hydrogens is 430 g/mol. The summed E-state index contributed by atoms with van der Waals surface area (Å²) in [5.74, 6) is 0. The molecule has 0 radical (unpaired) electrons. The number of hydrogen-bond acceptors (Lipinski definition) is 5. The van der Waals surface area contributed by atoms with E-state index in [2.05, 4.69) is 40.3 Å². The minimum Gasteiger partial charge on any atom is -0.330 e. The van der Waals surface area contributed by atoms with Gasteiger partial charge in [-0.1, -0.05) is 76.9 Å². The van der Waals surface area contributed by atoms with Gasteiger partial charge in [-0.05, 0) is 117 Å². The molecule has 0 bridgehead atoms. The van der Waals surface area contributed by atoms with Crippen LogP contribution in [0, 0.1) is 0 Å². The standard InChI is InChI=1S/C30H65N5/c1-2-3-4-5-6-7-8-9-10-11-12-13-14-15-16-17-23-32-25-19-27-34-29-21-30-35-28-20-26-33-24-18-22-31/h9-10,32-35H,2-8,11-31H2,1H3. The van der Waals surface area contributed by atoms with Crippen molar-refractivity contribution in [3.63, 3.8) is 0 Å². The zero-order chi connectivity index (χ0) is 25.3. The monoisotopic (exact) mass is 496 g/mol. The predicted molar refractivity (Wildman–Crippen MR) is 158 cm³/mol. The van der Waals surface area contributed by atoms with Crippen LogP contribution in [0.1, 0.15) is 122 Å². The van der Waals surface area contributed by atoms with E-state index in [-0.39, 0.29) is 0 Å². The first-order valence-electron chi connectivity index (χ1n) is 15.6. The van der Waals surface area contributed by atoms with E-state index < -0.39 is 0 Å². The topological polar surface area (TPSA) is 74.1 Å². The van der Waals surface area contributed by atoms with Crippen molar-refractivity contribution in [2.75, 3.05) is 58.9 Å². The van der Waals surface area contributed by atoms with Crippen LogP contribution in [-0.4, -0.2) is 58.9 Å². The van der Waals surface area contributed by atoms with Crippen molar-refractivity contribution < 1.29 is 0 Å². The van der Waals surface area contributed by atoms with E-state index in [0.29, 0.717) is 0 Å². The van der Waals surface area contributed by atoms with Gasteiger partial charge in [0, 0.05) is 0 Å². The van der Waals surface area contributed by atoms with Gasteiger partial charge in [-0.2, -0.15) is 0 Å². The average Bonchev–Trinajstić information content (AvgIpc) is 2.87. The van der Waals surface area contributed by atoms with Crippen molar-refractivity contribution >= 4 is 0 Å². The smallest absolute Gasteiger partial charge is 0.00368 e. The molecule has 0 aromatic rings. The van der Waals surface area contributed by atoms with Crippen molar-refractivity contribution in [3.05, 3.63) is 12.2 Å². The highest BCUT2D eigenvalue weighted by atomic mass is 14.9. The molecule has 0 unspecified atom stereocenters. The third-order valence-corrected chi connectivity index (χ3v) is 6.54. The SMILES string of the molecule is CCCCCCCCC=CCCCCCCCCNCCCNCCCNCCCNCCCN. The number of rotatable bonds is 31. The largest absolute Gasteiger partial charge is 0.330 e. The van der Waals surface area contributed by atoms with Gasteiger partial charge in [-0.15, -0.1) is 0 Å². The Labute approximate surface area is 220 Å². The van der Waals surface area contributed by atoms with Crippen molar-refractivity contribution in [2.24, 2.45) is 5.73 Å². The Kier molecular flexibility index (Phi) is 33.1. The molecule has 5 nitrogen and oxygen atoms in total. The molecule has 0 aromatic heterocycles. The van der Waals surface area contributed by atoms with Crippen LogP contribution in [0.15, 0.2) is 12.2 Å². The molecule has 0 aliphatic carbocycles. The number of allylic oxidation sites excluding steroid dienone is 2. The molecule has 0 atom stereocenters. The van der Waals surface area contributed by atoms with Crippen LogP contribution in [0.3, 0.4) is 0 Å². The van der Waals surface area contributed by atoms with E-state index >= 15 is 0 Å². The fourth-order valence-corrected chi connectivity index (χ4v) is 4.24. The van der Waals surface area contributed by atoms with E-state index in [0.717, 1.165) is 58.8 Å². The van der Waals surface area contributed by atoms with Gasteiger partial charge >= 0.3 is 0 Å². The highest BCUT2D eigenvalue weighted by molar-refractivity contribution is 4.81. The number of hydrogen-bond donors (Lipinski definition) is 5. The minimum absolute atomic E-state index is 0.784. The molecule has 210 valence electrons. The maximum atomic E-state index is 5.48. The van der Waals surface area contributed by atoms with Crippen molar-refractivity contribution in [1.82, 2.24) is 21.3 Å². The van der Waals surface area contributed by atoms with Gasteiger partial charge in [0.2, 0.25) is 0 Å². The quantitative estimate of drug-likeness (QED) is 0.0611. The second kappa shape index (κ2) is 33.5. The summed E-state index contributed by atoms with van der Waals surface area (Å²) < 4.78 is 0. The maximum Gasteiger partial charge on any atom is -0.00368 e. The molecule has 6 N–H and O–H groups in total. The molecular formula is C30H65N5. The highest BCUT2D eigenvalue weighted by Gasteiger charge is 1.94. The molecule has 0 aliphatic heterocycles. The molecule has 5 heteroatoms. The third kappa shape index (κ3) is 33.5. The Morgan fingerprint density at radius 3 is 1.17 bits per heavy atom. The number of unbranched alkanes of at least 4 members (excludes halogenated alkanes) is 12. The lowest BCUT2D eigenvalue weighted by atomic mass is 10.1. The molecule has 0 amide bonds. The van der Waals surface area contributed by atoms with Gasteiger partial charge in [-0.25, -0.2) is 0 Å². The molecule has 0 saturated carbocycles. The molecule has 0 heterocycles. The zero-order valence-electron chi connectivity index (χ0n) is 23.8. The van der Waals surface area contributed by atoms with Crippen LogP contribution in [0.4, 0.5) is 0 Å².